The van der Waals surface area contributed by atoms with Crippen molar-refractivity contribution < 1.29 is 4.79 Å². The summed E-state index contributed by atoms with van der Waals surface area (Å²) in [4.78, 5) is 14.2. The van der Waals surface area contributed by atoms with E-state index < -0.39 is 0 Å². The predicted octanol–water partition coefficient (Wildman–Crippen LogP) is 2.44. The van der Waals surface area contributed by atoms with Gasteiger partial charge in [-0.25, -0.2) is 0 Å². The largest absolute Gasteiger partial charge is 0.397 e. The van der Waals surface area contributed by atoms with Crippen LogP contribution in [0.15, 0.2) is 0 Å². The number of aromatic nitrogens is 2. The molecular weight excluding hydrogens is 284 g/mol. The molecule has 6 heteroatoms. The van der Waals surface area contributed by atoms with Crippen LogP contribution in [0.1, 0.15) is 41.0 Å². The van der Waals surface area contributed by atoms with Crippen LogP contribution >= 0.6 is 11.3 Å². The zero-order valence-corrected chi connectivity index (χ0v) is 13.2. The molecule has 2 fully saturated rings. The average molecular weight is 304 g/mol. The molecule has 3 unspecified atom stereocenters. The van der Waals surface area contributed by atoms with Gasteiger partial charge in [-0.2, -0.15) is 5.10 Å². The lowest BCUT2D eigenvalue weighted by Gasteiger charge is -2.22. The van der Waals surface area contributed by atoms with Crippen molar-refractivity contribution in [2.45, 2.75) is 38.6 Å². The van der Waals surface area contributed by atoms with Gasteiger partial charge < -0.3 is 11.1 Å². The second kappa shape index (κ2) is 4.47. The molecule has 1 amide bonds. The molecule has 2 saturated carbocycles. The zero-order chi connectivity index (χ0) is 14.7. The molecule has 2 aromatic heterocycles. The Bertz CT molecular complexity index is 732. The van der Waals surface area contributed by atoms with Gasteiger partial charge in [0.15, 0.2) is 0 Å². The minimum Gasteiger partial charge on any atom is -0.397 e. The van der Waals surface area contributed by atoms with Crippen LogP contribution in [-0.2, 0) is 7.05 Å². The number of aryl methyl sites for hydroxylation is 2. The number of nitrogens with one attached hydrogen (secondary N) is 1. The molecular formula is C15H20N4OS. The molecule has 0 aliphatic heterocycles. The molecule has 2 heterocycles. The highest BCUT2D eigenvalue weighted by Gasteiger charge is 2.40. The van der Waals surface area contributed by atoms with Crippen LogP contribution in [-0.4, -0.2) is 21.7 Å². The van der Waals surface area contributed by atoms with E-state index in [2.05, 4.69) is 10.4 Å². The topological polar surface area (TPSA) is 72.9 Å². The van der Waals surface area contributed by atoms with E-state index in [-0.39, 0.29) is 5.91 Å². The summed E-state index contributed by atoms with van der Waals surface area (Å²) in [6, 6.07) is 0.347. The maximum absolute atomic E-state index is 12.6. The summed E-state index contributed by atoms with van der Waals surface area (Å²) in [5.41, 5.74) is 7.67. The van der Waals surface area contributed by atoms with Gasteiger partial charge in [-0.3, -0.25) is 9.48 Å². The SMILES string of the molecule is Cc1nn(C)c2sc(C(=O)NC3CC4CCC3C4)c(N)c12. The second-order valence-corrected chi connectivity index (χ2v) is 7.49. The van der Waals surface area contributed by atoms with Crippen LogP contribution in [0.3, 0.4) is 0 Å². The highest BCUT2D eigenvalue weighted by Crippen LogP contribution is 2.45. The lowest BCUT2D eigenvalue weighted by molar-refractivity contribution is 0.0928. The summed E-state index contributed by atoms with van der Waals surface area (Å²) in [5.74, 6) is 1.50. The molecule has 2 bridgehead atoms. The molecule has 0 spiro atoms. The Morgan fingerprint density at radius 1 is 1.43 bits per heavy atom. The Labute approximate surface area is 127 Å². The van der Waals surface area contributed by atoms with E-state index >= 15 is 0 Å². The summed E-state index contributed by atoms with van der Waals surface area (Å²) < 4.78 is 1.81. The summed E-state index contributed by atoms with van der Waals surface area (Å²) >= 11 is 1.45. The highest BCUT2D eigenvalue weighted by atomic mass is 32.1. The van der Waals surface area contributed by atoms with Crippen LogP contribution in [0.2, 0.25) is 0 Å². The van der Waals surface area contributed by atoms with Gasteiger partial charge in [0.05, 0.1) is 16.8 Å². The maximum Gasteiger partial charge on any atom is 0.263 e. The van der Waals surface area contributed by atoms with Crippen molar-refractivity contribution in [3.63, 3.8) is 0 Å². The quantitative estimate of drug-likeness (QED) is 0.895. The van der Waals surface area contributed by atoms with E-state index in [1.807, 2.05) is 14.0 Å². The molecule has 4 rings (SSSR count). The molecule has 3 atom stereocenters. The van der Waals surface area contributed by atoms with Gasteiger partial charge in [0.2, 0.25) is 0 Å². The number of thiophene rings is 1. The van der Waals surface area contributed by atoms with Gasteiger partial charge in [0.1, 0.15) is 9.71 Å². The van der Waals surface area contributed by atoms with Gasteiger partial charge in [-0.05, 0) is 38.0 Å². The summed E-state index contributed by atoms with van der Waals surface area (Å²) in [6.07, 6.45) is 5.03. The number of nitrogens with zero attached hydrogens (tertiary/aromatic N) is 2. The fourth-order valence-corrected chi connectivity index (χ4v) is 5.24. The normalized spacial score (nSPS) is 27.6. The molecule has 2 aliphatic carbocycles. The van der Waals surface area contributed by atoms with E-state index in [1.54, 1.807) is 4.68 Å². The van der Waals surface area contributed by atoms with Crippen molar-refractivity contribution in [3.05, 3.63) is 10.6 Å². The predicted molar refractivity (Wildman–Crippen MR) is 84.4 cm³/mol. The molecule has 2 aliphatic rings. The summed E-state index contributed by atoms with van der Waals surface area (Å²) in [6.45, 7) is 1.93. The van der Waals surface area contributed by atoms with Crippen LogP contribution in [0.4, 0.5) is 5.69 Å². The van der Waals surface area contributed by atoms with E-state index in [0.717, 1.165) is 28.2 Å². The van der Waals surface area contributed by atoms with Gasteiger partial charge in [-0.1, -0.05) is 6.42 Å². The van der Waals surface area contributed by atoms with E-state index in [9.17, 15) is 4.79 Å². The standard InChI is InChI=1S/C15H20N4OS/c1-7-11-12(16)13(21-15(11)19(2)18-7)14(20)17-10-6-8-3-4-9(10)5-8/h8-10H,3-6,16H2,1-2H3,(H,17,20). The molecule has 0 saturated heterocycles. The number of hydrogen-bond donors (Lipinski definition) is 2. The molecule has 3 N–H and O–H groups in total. The first-order chi connectivity index (χ1) is 10.0. The van der Waals surface area contributed by atoms with Crippen LogP contribution in [0.5, 0.6) is 0 Å². The van der Waals surface area contributed by atoms with Gasteiger partial charge in [-0.15, -0.1) is 11.3 Å². The van der Waals surface area contributed by atoms with Crippen molar-refractivity contribution in [2.24, 2.45) is 18.9 Å². The lowest BCUT2D eigenvalue weighted by Crippen LogP contribution is -2.38. The number of carbonyl (C=O) groups is 1. The third kappa shape index (κ3) is 1.88. The smallest absolute Gasteiger partial charge is 0.263 e. The Balaban J connectivity index is 1.62. The molecule has 5 nitrogen and oxygen atoms in total. The van der Waals surface area contributed by atoms with E-state index in [0.29, 0.717) is 22.5 Å². The van der Waals surface area contributed by atoms with Crippen molar-refractivity contribution >= 4 is 33.1 Å². The number of nitrogens with two attached hydrogens (primary N) is 1. The summed E-state index contributed by atoms with van der Waals surface area (Å²) in [7, 11) is 1.89. The first kappa shape index (κ1) is 13.1. The first-order valence-electron chi connectivity index (χ1n) is 7.57. The molecule has 112 valence electrons. The number of amides is 1. The van der Waals surface area contributed by atoms with Crippen LogP contribution in [0.25, 0.3) is 10.2 Å². The Morgan fingerprint density at radius 3 is 2.86 bits per heavy atom. The van der Waals surface area contributed by atoms with Crippen LogP contribution in [0, 0.1) is 18.8 Å². The Morgan fingerprint density at radius 2 is 2.24 bits per heavy atom. The average Bonchev–Trinajstić information content (AvgIpc) is 3.15. The fourth-order valence-electron chi connectivity index (χ4n) is 4.15. The number of fused-ring (bicyclic) bond motifs is 3. The molecule has 0 radical (unpaired) electrons. The number of hydrogen-bond acceptors (Lipinski definition) is 4. The zero-order valence-electron chi connectivity index (χ0n) is 12.3. The van der Waals surface area contributed by atoms with Crippen molar-refractivity contribution in [3.8, 4) is 0 Å². The molecule has 2 aromatic rings. The Kier molecular flexibility index (Phi) is 2.79. The van der Waals surface area contributed by atoms with Crippen molar-refractivity contribution in [1.29, 1.82) is 0 Å². The first-order valence-corrected chi connectivity index (χ1v) is 8.38. The fraction of sp³-hybridized carbons (Fsp3) is 0.600. The lowest BCUT2D eigenvalue weighted by atomic mass is 9.95. The van der Waals surface area contributed by atoms with Gasteiger partial charge >= 0.3 is 0 Å². The third-order valence-corrected chi connectivity index (χ3v) is 6.41. The minimum atomic E-state index is -0.00866. The minimum absolute atomic E-state index is 0.00866. The Hall–Kier alpha value is -1.56. The molecule has 21 heavy (non-hydrogen) atoms. The van der Waals surface area contributed by atoms with Crippen LogP contribution < -0.4 is 11.1 Å². The van der Waals surface area contributed by atoms with Crippen molar-refractivity contribution in [1.82, 2.24) is 15.1 Å². The monoisotopic (exact) mass is 304 g/mol. The maximum atomic E-state index is 12.6. The second-order valence-electron chi connectivity index (χ2n) is 6.49. The third-order valence-electron chi connectivity index (χ3n) is 5.14. The number of nitrogen functional groups attached to an aromatic ring is 1. The van der Waals surface area contributed by atoms with Crippen molar-refractivity contribution in [2.75, 3.05) is 5.73 Å². The number of anilines is 1. The van der Waals surface area contributed by atoms with Gasteiger partial charge in [0, 0.05) is 13.1 Å². The van der Waals surface area contributed by atoms with E-state index in [1.165, 1.54) is 30.6 Å². The highest BCUT2D eigenvalue weighted by molar-refractivity contribution is 7.21. The van der Waals surface area contributed by atoms with Gasteiger partial charge in [0.25, 0.3) is 5.91 Å². The molecule has 0 aromatic carbocycles. The number of rotatable bonds is 2. The number of carbonyl (C=O) groups excluding carboxylic acids is 1. The van der Waals surface area contributed by atoms with E-state index in [4.69, 9.17) is 5.73 Å². The summed E-state index contributed by atoms with van der Waals surface area (Å²) in [5, 5.41) is 8.51.